The van der Waals surface area contributed by atoms with Crippen LogP contribution in [0.5, 0.6) is 11.5 Å². The summed E-state index contributed by atoms with van der Waals surface area (Å²) < 4.78 is 45.1. The van der Waals surface area contributed by atoms with Crippen LogP contribution in [-0.4, -0.2) is 83.1 Å². The molecule has 0 bridgehead atoms. The van der Waals surface area contributed by atoms with E-state index in [2.05, 4.69) is 53.3 Å². The normalized spacial score (nSPS) is 16.5. The van der Waals surface area contributed by atoms with Crippen LogP contribution in [-0.2, 0) is 31.0 Å². The third-order valence-electron chi connectivity index (χ3n) is 11.0. The predicted molar refractivity (Wildman–Crippen MR) is 218 cm³/mol. The number of amides is 1. The van der Waals surface area contributed by atoms with Crippen LogP contribution in [0.2, 0.25) is 10.0 Å². The third-order valence-corrected chi connectivity index (χ3v) is 11.7. The van der Waals surface area contributed by atoms with Crippen LogP contribution >= 0.6 is 23.2 Å². The summed E-state index contributed by atoms with van der Waals surface area (Å²) in [6.45, 7) is 8.02. The van der Waals surface area contributed by atoms with Crippen molar-refractivity contribution in [3.05, 3.63) is 118 Å². The Morgan fingerprint density at radius 1 is 0.860 bits per heavy atom. The van der Waals surface area contributed by atoms with Gasteiger partial charge in [0.2, 0.25) is 5.91 Å². The lowest BCUT2D eigenvalue weighted by Gasteiger charge is -2.37. The minimum absolute atomic E-state index is 0.0277. The molecule has 0 saturated carbocycles. The van der Waals surface area contributed by atoms with E-state index in [1.54, 1.807) is 24.3 Å². The van der Waals surface area contributed by atoms with E-state index in [0.29, 0.717) is 55.5 Å². The molecule has 3 heterocycles. The maximum absolute atomic E-state index is 13.7. The number of piperazine rings is 1. The number of nitrogens with one attached hydrogen (secondary N) is 3. The lowest BCUT2D eigenvalue weighted by molar-refractivity contribution is -0.274. The Balaban J connectivity index is 1.03. The topological polar surface area (TPSA) is 94.0 Å². The van der Waals surface area contributed by atoms with Crippen LogP contribution in [0, 0.1) is 0 Å². The van der Waals surface area contributed by atoms with E-state index < -0.39 is 11.9 Å². The number of phenolic OH excluding ortho intramolecular Hbond substituents is 1. The number of benzene rings is 4. The van der Waals surface area contributed by atoms with Crippen molar-refractivity contribution in [3.63, 3.8) is 0 Å². The largest absolute Gasteiger partial charge is 0.573 e. The molecule has 2 aliphatic heterocycles. The summed E-state index contributed by atoms with van der Waals surface area (Å²) in [7, 11) is 0. The molecule has 9 nitrogen and oxygen atoms in total. The Kier molecular flexibility index (Phi) is 13.0. The van der Waals surface area contributed by atoms with Crippen LogP contribution < -0.4 is 20.7 Å². The highest BCUT2D eigenvalue weighted by Gasteiger charge is 2.39. The fraction of sp³-hybridized carbons (Fsp3) is 0.372. The lowest BCUT2D eigenvalue weighted by atomic mass is 9.87. The zero-order chi connectivity index (χ0) is 40.0. The van der Waals surface area contributed by atoms with Crippen LogP contribution in [0.4, 0.5) is 13.2 Å². The van der Waals surface area contributed by atoms with Crippen molar-refractivity contribution in [2.75, 3.05) is 45.8 Å². The van der Waals surface area contributed by atoms with Crippen LogP contribution in [0.3, 0.4) is 0 Å². The van der Waals surface area contributed by atoms with Gasteiger partial charge in [-0.3, -0.25) is 19.9 Å². The predicted octanol–water partition coefficient (Wildman–Crippen LogP) is 7.96. The number of aryl methyl sites for hydroxylation is 1. The number of alkyl halides is 3. The molecule has 2 fully saturated rings. The Morgan fingerprint density at radius 2 is 1.51 bits per heavy atom. The van der Waals surface area contributed by atoms with Gasteiger partial charge in [-0.2, -0.15) is 0 Å². The van der Waals surface area contributed by atoms with Crippen molar-refractivity contribution in [2.24, 2.45) is 0 Å². The second-order valence-corrected chi connectivity index (χ2v) is 15.7. The first-order valence-electron chi connectivity index (χ1n) is 19.3. The van der Waals surface area contributed by atoms with Gasteiger partial charge in [0.25, 0.3) is 0 Å². The van der Waals surface area contributed by atoms with Crippen molar-refractivity contribution >= 4 is 40.0 Å². The number of aromatic nitrogens is 1. The van der Waals surface area contributed by atoms with Gasteiger partial charge in [-0.15, -0.1) is 13.2 Å². The van der Waals surface area contributed by atoms with Crippen molar-refractivity contribution in [1.29, 1.82) is 0 Å². The van der Waals surface area contributed by atoms with Gasteiger partial charge in [0.1, 0.15) is 17.0 Å². The number of piperidine rings is 1. The Morgan fingerprint density at radius 3 is 2.18 bits per heavy atom. The smallest absolute Gasteiger partial charge is 0.508 e. The van der Waals surface area contributed by atoms with Gasteiger partial charge in [0.15, 0.2) is 0 Å². The molecule has 57 heavy (non-hydrogen) atoms. The highest BCUT2D eigenvalue weighted by molar-refractivity contribution is 6.36. The molecule has 0 unspecified atom stereocenters. The first-order chi connectivity index (χ1) is 27.4. The number of hydrogen-bond donors (Lipinski definition) is 4. The molecule has 0 aliphatic carbocycles. The minimum Gasteiger partial charge on any atom is -0.508 e. The molecule has 7 rings (SSSR count). The van der Waals surface area contributed by atoms with E-state index >= 15 is 0 Å². The maximum Gasteiger partial charge on any atom is 0.573 e. The third kappa shape index (κ3) is 10.4. The molecule has 0 atom stereocenters. The van der Waals surface area contributed by atoms with Crippen molar-refractivity contribution in [1.82, 2.24) is 30.3 Å². The Labute approximate surface area is 340 Å². The number of ether oxygens (including phenoxy) is 1. The molecule has 0 spiro atoms. The van der Waals surface area contributed by atoms with E-state index in [1.807, 2.05) is 36.5 Å². The molecule has 14 heteroatoms. The number of phenols is 1. The maximum atomic E-state index is 13.7. The average Bonchev–Trinajstić information content (AvgIpc) is 3.56. The quantitative estimate of drug-likeness (QED) is 0.0846. The van der Waals surface area contributed by atoms with E-state index in [0.717, 1.165) is 84.5 Å². The molecule has 2 saturated heterocycles. The van der Waals surface area contributed by atoms with E-state index in [-0.39, 0.29) is 17.4 Å². The summed E-state index contributed by atoms with van der Waals surface area (Å²) in [5.41, 5.74) is 5.05. The molecule has 0 radical (unpaired) electrons. The summed E-state index contributed by atoms with van der Waals surface area (Å²) in [5.74, 6) is -0.0987. The minimum atomic E-state index is -4.77. The molecule has 4 N–H and O–H groups in total. The van der Waals surface area contributed by atoms with E-state index in [9.17, 15) is 23.1 Å². The molecule has 1 aromatic heterocycles. The van der Waals surface area contributed by atoms with Crippen LogP contribution in [0.25, 0.3) is 22.0 Å². The number of nitrogens with zero attached hydrogens (tertiary/aromatic N) is 3. The van der Waals surface area contributed by atoms with Gasteiger partial charge in [0, 0.05) is 97.2 Å². The molecule has 5 aromatic rings. The molecule has 302 valence electrons. The number of aromatic hydroxyl groups is 1. The highest BCUT2D eigenvalue weighted by atomic mass is 35.5. The van der Waals surface area contributed by atoms with Gasteiger partial charge in [0.05, 0.1) is 0 Å². The summed E-state index contributed by atoms with van der Waals surface area (Å²) in [6.07, 6.45) is -0.742. The average molecular weight is 824 g/mol. The monoisotopic (exact) mass is 822 g/mol. The second-order valence-electron chi connectivity index (χ2n) is 14.9. The number of carbonyl (C=O) groups is 1. The Hall–Kier alpha value is -4.30. The fourth-order valence-electron chi connectivity index (χ4n) is 7.81. The van der Waals surface area contributed by atoms with Crippen LogP contribution in [0.15, 0.2) is 91.1 Å². The number of fused-ring (bicyclic) bond motifs is 1. The van der Waals surface area contributed by atoms with Crippen LogP contribution in [0.1, 0.15) is 36.0 Å². The van der Waals surface area contributed by atoms with Gasteiger partial charge >= 0.3 is 6.36 Å². The number of hydrogen-bond acceptors (Lipinski definition) is 7. The summed E-state index contributed by atoms with van der Waals surface area (Å²) in [4.78, 5) is 18.5. The van der Waals surface area contributed by atoms with Gasteiger partial charge in [-0.25, -0.2) is 0 Å². The first kappa shape index (κ1) is 40.9. The number of halogens is 5. The number of rotatable bonds is 14. The van der Waals surface area contributed by atoms with Gasteiger partial charge in [-0.05, 0) is 97.6 Å². The van der Waals surface area contributed by atoms with Crippen molar-refractivity contribution in [2.45, 2.75) is 57.3 Å². The molecule has 2 aliphatic rings. The van der Waals surface area contributed by atoms with Gasteiger partial charge in [-0.1, -0.05) is 59.6 Å². The zero-order valence-electron chi connectivity index (χ0n) is 31.6. The first-order valence-corrected chi connectivity index (χ1v) is 20.1. The van der Waals surface area contributed by atoms with Crippen molar-refractivity contribution < 1.29 is 27.8 Å². The lowest BCUT2D eigenvalue weighted by Crippen LogP contribution is -2.61. The van der Waals surface area contributed by atoms with Crippen molar-refractivity contribution in [3.8, 4) is 22.6 Å². The standard InChI is InChI=1S/C43H47Cl2F3N6O3/c44-38-3-1-4-39(45)37(38)28-53-23-21-52(22-24-53)27-31-7-14-40-35(25-31)36(32-8-12-34(13-9-32)57-43(46,47)48)29-54(40)20-2-17-50-41(56)42(15-18-49-19-16-42)51-26-30-5-10-33(55)11-6-30/h1,3-14,25,29,49,51,55H,2,15-24,26-28H2,(H,50,56). The molecule has 4 aromatic carbocycles. The highest BCUT2D eigenvalue weighted by Crippen LogP contribution is 2.34. The summed E-state index contributed by atoms with van der Waals surface area (Å²) in [5, 5.41) is 22.1. The fourth-order valence-corrected chi connectivity index (χ4v) is 8.32. The molecular formula is C43H47Cl2F3N6O3. The van der Waals surface area contributed by atoms with E-state index in [1.165, 1.54) is 12.1 Å². The second kappa shape index (κ2) is 18.1. The van der Waals surface area contributed by atoms with E-state index in [4.69, 9.17) is 23.2 Å². The summed E-state index contributed by atoms with van der Waals surface area (Å²) >= 11 is 12.9. The Bertz CT molecular complexity index is 2110. The SMILES string of the molecule is O=C(NCCCn1cc(-c2ccc(OC(F)(F)F)cc2)c2cc(CN3CCN(Cc4c(Cl)cccc4Cl)CC3)ccc21)C1(NCc2ccc(O)cc2)CCNCC1. The molecular weight excluding hydrogens is 776 g/mol. The molecule has 1 amide bonds. The number of carbonyl (C=O) groups excluding carboxylic acids is 1. The zero-order valence-corrected chi connectivity index (χ0v) is 33.1. The van der Waals surface area contributed by atoms with Gasteiger partial charge < -0.3 is 25.0 Å². The summed E-state index contributed by atoms with van der Waals surface area (Å²) in [6, 6.07) is 25.0.